The highest BCUT2D eigenvalue weighted by atomic mass is 14.1. The molecule has 0 fully saturated rings. The van der Waals surface area contributed by atoms with Crippen LogP contribution in [0.15, 0.2) is 72.6 Å². The molecule has 0 nitrogen and oxygen atoms in total. The maximum absolute atomic E-state index is 8.35. The summed E-state index contributed by atoms with van der Waals surface area (Å²) in [5.41, 5.74) is 0. The summed E-state index contributed by atoms with van der Waals surface area (Å²) < 4.78 is 81.6. The number of benzene rings is 4. The zero-order valence-corrected chi connectivity index (χ0v) is 9.15. The summed E-state index contributed by atoms with van der Waals surface area (Å²) in [6.07, 6.45) is 0. The summed E-state index contributed by atoms with van der Waals surface area (Å²) in [6.45, 7) is 0. The van der Waals surface area contributed by atoms with E-state index in [2.05, 4.69) is 0 Å². The van der Waals surface area contributed by atoms with Gasteiger partial charge in [-0.3, -0.25) is 0 Å². The van der Waals surface area contributed by atoms with E-state index < -0.39 is 42.3 Å². The molecule has 0 saturated carbocycles. The van der Waals surface area contributed by atoms with Gasteiger partial charge in [-0.1, -0.05) is 72.6 Å². The van der Waals surface area contributed by atoms with E-state index in [0.717, 1.165) is 0 Å². The van der Waals surface area contributed by atoms with E-state index >= 15 is 0 Å². The van der Waals surface area contributed by atoms with Crippen LogP contribution in [0.4, 0.5) is 0 Å². The number of hydrogen-bond donors (Lipinski definition) is 0. The third-order valence-electron chi connectivity index (χ3n) is 2.94. The molecule has 18 heavy (non-hydrogen) atoms. The average Bonchev–Trinajstić information content (AvgIpc) is 2.68. The molecule has 0 atom stereocenters. The fourth-order valence-corrected chi connectivity index (χ4v) is 2.18. The quantitative estimate of drug-likeness (QED) is 0.372. The van der Waals surface area contributed by atoms with Crippen molar-refractivity contribution in [3.8, 4) is 0 Å². The summed E-state index contributed by atoms with van der Waals surface area (Å²) in [5, 5.41) is 0.300. The Morgan fingerprint density at radius 3 is 1.39 bits per heavy atom. The number of rotatable bonds is 0. The van der Waals surface area contributed by atoms with Crippen LogP contribution in [0.2, 0.25) is 0 Å². The monoisotopic (exact) mass is 238 g/mol. The second-order valence-corrected chi connectivity index (χ2v) is 3.89. The zero-order valence-electron chi connectivity index (χ0n) is 19.2. The molecule has 84 valence electrons. The highest BCUT2D eigenvalue weighted by Gasteiger charge is 2.06. The van der Waals surface area contributed by atoms with Crippen LogP contribution >= 0.6 is 0 Å². The first-order valence-corrected chi connectivity index (χ1v) is 5.41. The third-order valence-corrected chi connectivity index (χ3v) is 2.94. The van der Waals surface area contributed by atoms with Gasteiger partial charge in [0.1, 0.15) is 0 Å². The molecule has 0 N–H and O–H groups in total. The lowest BCUT2D eigenvalue weighted by Crippen LogP contribution is -1.81. The van der Waals surface area contributed by atoms with E-state index in [9.17, 15) is 0 Å². The Hall–Kier alpha value is -2.34. The maximum atomic E-state index is 8.35. The van der Waals surface area contributed by atoms with Crippen LogP contribution in [0.5, 0.6) is 0 Å². The molecule has 0 heteroatoms. The number of fused-ring (bicyclic) bond motifs is 6. The second-order valence-electron chi connectivity index (χ2n) is 3.89. The van der Waals surface area contributed by atoms with Gasteiger partial charge in [0.05, 0.1) is 13.7 Å². The molecule has 0 aromatic heterocycles. The van der Waals surface area contributed by atoms with E-state index in [-0.39, 0.29) is 50.4 Å². The topological polar surface area (TPSA) is 0 Å². The SMILES string of the molecule is [2H]c1ccc2c(c1[2H])c1c([2H])c([2H])c([2H])c([2H])c1c1c([2H])c([2H])c([2H])c([2H])c21. The molecule has 0 unspecified atom stereocenters. The molecule has 0 aliphatic carbocycles. The second kappa shape index (κ2) is 3.58. The summed E-state index contributed by atoms with van der Waals surface area (Å²) >= 11 is 0. The standard InChI is InChI=1S/C18H12/c1-2-8-14-13(7-1)15-9-3-4-11-17(15)18-12-6-5-10-16(14)18/h1-12H/i1D,2D,3D,4D,5D,7D,8D,9D,10D,11D. The van der Waals surface area contributed by atoms with E-state index in [0.29, 0.717) is 0 Å². The molecule has 0 bridgehead atoms. The third kappa shape index (κ3) is 1.20. The average molecular weight is 238 g/mol. The summed E-state index contributed by atoms with van der Waals surface area (Å²) in [5.74, 6) is 0. The van der Waals surface area contributed by atoms with Crippen molar-refractivity contribution in [3.05, 3.63) is 72.6 Å². The first kappa shape index (κ1) is 4.10. The molecular weight excluding hydrogens is 216 g/mol. The van der Waals surface area contributed by atoms with Gasteiger partial charge >= 0.3 is 0 Å². The van der Waals surface area contributed by atoms with Crippen molar-refractivity contribution in [2.75, 3.05) is 0 Å². The van der Waals surface area contributed by atoms with Gasteiger partial charge in [0.25, 0.3) is 0 Å². The molecule has 0 aliphatic rings. The number of hydrogen-bond acceptors (Lipinski definition) is 0. The van der Waals surface area contributed by atoms with E-state index in [1.807, 2.05) is 0 Å². The van der Waals surface area contributed by atoms with Gasteiger partial charge in [-0.25, -0.2) is 0 Å². The van der Waals surface area contributed by atoms with Crippen LogP contribution in [0.3, 0.4) is 0 Å². The minimum atomic E-state index is -0.529. The van der Waals surface area contributed by atoms with Gasteiger partial charge in [0.2, 0.25) is 0 Å². The molecule has 4 aromatic carbocycles. The van der Waals surface area contributed by atoms with Gasteiger partial charge in [-0.2, -0.15) is 0 Å². The van der Waals surface area contributed by atoms with Crippen molar-refractivity contribution in [1.82, 2.24) is 0 Å². The first-order valence-electron chi connectivity index (χ1n) is 10.4. The molecule has 0 saturated heterocycles. The van der Waals surface area contributed by atoms with Crippen molar-refractivity contribution in [1.29, 1.82) is 0 Å². The largest absolute Gasteiger partial charge is 0.0629 e. The molecule has 0 amide bonds. The van der Waals surface area contributed by atoms with E-state index in [1.54, 1.807) is 0 Å². The van der Waals surface area contributed by atoms with E-state index in [4.69, 9.17) is 13.7 Å². The van der Waals surface area contributed by atoms with Crippen LogP contribution < -0.4 is 0 Å². The van der Waals surface area contributed by atoms with Crippen LogP contribution in [0, 0.1) is 0 Å². The van der Waals surface area contributed by atoms with Gasteiger partial charge < -0.3 is 0 Å². The lowest BCUT2D eigenvalue weighted by Gasteiger charge is -2.09. The highest BCUT2D eigenvalue weighted by molar-refractivity contribution is 6.25. The molecule has 4 aromatic rings. The molecule has 0 heterocycles. The molecule has 0 aliphatic heterocycles. The molecule has 0 radical (unpaired) electrons. The van der Waals surface area contributed by atoms with Crippen molar-refractivity contribution in [2.24, 2.45) is 0 Å². The highest BCUT2D eigenvalue weighted by Crippen LogP contribution is 2.34. The van der Waals surface area contributed by atoms with Crippen molar-refractivity contribution < 1.29 is 13.7 Å². The van der Waals surface area contributed by atoms with Gasteiger partial charge in [-0.15, -0.1) is 0 Å². The van der Waals surface area contributed by atoms with Crippen molar-refractivity contribution in [2.45, 2.75) is 0 Å². The van der Waals surface area contributed by atoms with Crippen LogP contribution in [-0.4, -0.2) is 0 Å². The lowest BCUT2D eigenvalue weighted by atomic mass is 9.95. The van der Waals surface area contributed by atoms with Gasteiger partial charge in [0, 0.05) is 0 Å². The normalized spacial score (nSPS) is 19.1. The predicted octanol–water partition coefficient (Wildman–Crippen LogP) is 5.15. The van der Waals surface area contributed by atoms with Crippen molar-refractivity contribution >= 4 is 32.3 Å². The molecule has 4 rings (SSSR count). The Bertz CT molecular complexity index is 1310. The van der Waals surface area contributed by atoms with Crippen molar-refractivity contribution in [3.63, 3.8) is 0 Å². The minimum Gasteiger partial charge on any atom is -0.0616 e. The van der Waals surface area contributed by atoms with Crippen LogP contribution in [-0.2, 0) is 0 Å². The first-order chi connectivity index (χ1) is 13.1. The maximum Gasteiger partial charge on any atom is 0.0629 e. The summed E-state index contributed by atoms with van der Waals surface area (Å²) in [4.78, 5) is 0. The predicted molar refractivity (Wildman–Crippen MR) is 79.0 cm³/mol. The van der Waals surface area contributed by atoms with E-state index in [1.165, 1.54) is 12.1 Å². The molecular formula is C18H12. The van der Waals surface area contributed by atoms with Crippen LogP contribution in [0.25, 0.3) is 32.3 Å². The Morgan fingerprint density at radius 1 is 0.500 bits per heavy atom. The smallest absolute Gasteiger partial charge is 0.0616 e. The Balaban J connectivity index is 2.61. The Labute approximate surface area is 120 Å². The van der Waals surface area contributed by atoms with Gasteiger partial charge in [-0.05, 0) is 32.3 Å². The van der Waals surface area contributed by atoms with Crippen LogP contribution in [0.1, 0.15) is 13.7 Å². The lowest BCUT2D eigenvalue weighted by molar-refractivity contribution is 1.77. The summed E-state index contributed by atoms with van der Waals surface area (Å²) in [6, 6.07) is -1.24. The zero-order chi connectivity index (χ0) is 20.7. The molecule has 0 spiro atoms. The fourth-order valence-electron chi connectivity index (χ4n) is 2.18. The summed E-state index contributed by atoms with van der Waals surface area (Å²) in [7, 11) is 0. The Kier molecular flexibility index (Phi) is 0.814. The van der Waals surface area contributed by atoms with Gasteiger partial charge in [0.15, 0.2) is 0 Å². The minimum absolute atomic E-state index is 0.0161. The Morgan fingerprint density at radius 2 is 0.889 bits per heavy atom. The fraction of sp³-hybridized carbons (Fsp3) is 0.